The summed E-state index contributed by atoms with van der Waals surface area (Å²) in [7, 11) is 0. The van der Waals surface area contributed by atoms with Crippen molar-refractivity contribution in [1.82, 2.24) is 4.90 Å². The Balaban J connectivity index is 2.38. The number of nitrogens with zero attached hydrogens (tertiary/aromatic N) is 1. The number of hydrogen-bond donors (Lipinski definition) is 0. The van der Waals surface area contributed by atoms with E-state index >= 15 is 0 Å². The van der Waals surface area contributed by atoms with Gasteiger partial charge in [0, 0.05) is 25.2 Å². The molecule has 0 aromatic rings. The van der Waals surface area contributed by atoms with Crippen molar-refractivity contribution in [3.05, 3.63) is 12.7 Å². The molecule has 0 saturated carbocycles. The summed E-state index contributed by atoms with van der Waals surface area (Å²) in [6.07, 6.45) is 3.35. The van der Waals surface area contributed by atoms with Gasteiger partial charge in [-0.25, -0.2) is 4.79 Å². The fourth-order valence-corrected chi connectivity index (χ4v) is 1.88. The van der Waals surface area contributed by atoms with E-state index in [1.165, 1.54) is 6.08 Å². The normalized spacial score (nSPS) is 19.1. The van der Waals surface area contributed by atoms with E-state index < -0.39 is 0 Å². The first-order valence-electron chi connectivity index (χ1n) is 5.89. The molecule has 1 atom stereocenters. The van der Waals surface area contributed by atoms with Gasteiger partial charge in [0.1, 0.15) is 6.61 Å². The molecule has 16 heavy (non-hydrogen) atoms. The Morgan fingerprint density at radius 3 is 2.81 bits per heavy atom. The van der Waals surface area contributed by atoms with Crippen LogP contribution in [0.1, 0.15) is 19.8 Å². The van der Waals surface area contributed by atoms with E-state index in [4.69, 9.17) is 9.47 Å². The molecular formula is C12H21NO3. The Bertz CT molecular complexity index is 224. The van der Waals surface area contributed by atoms with Crippen LogP contribution in [0.5, 0.6) is 0 Å². The highest BCUT2D eigenvalue weighted by Gasteiger charge is 2.21. The second kappa shape index (κ2) is 7.41. The van der Waals surface area contributed by atoms with E-state index in [-0.39, 0.29) is 5.97 Å². The molecule has 1 saturated heterocycles. The predicted octanol–water partition coefficient (Wildman–Crippen LogP) is 1.22. The molecule has 1 aliphatic rings. The SMILES string of the molecule is C=CC(=O)OCC(CCC)N1CCOCC1. The summed E-state index contributed by atoms with van der Waals surface area (Å²) in [5.41, 5.74) is 0. The summed E-state index contributed by atoms with van der Waals surface area (Å²) >= 11 is 0. The Hall–Kier alpha value is -0.870. The smallest absolute Gasteiger partial charge is 0.330 e. The van der Waals surface area contributed by atoms with Crippen LogP contribution in [0.4, 0.5) is 0 Å². The van der Waals surface area contributed by atoms with Gasteiger partial charge in [0.05, 0.1) is 13.2 Å². The molecule has 0 amide bonds. The van der Waals surface area contributed by atoms with Crippen LogP contribution in [-0.2, 0) is 14.3 Å². The van der Waals surface area contributed by atoms with Gasteiger partial charge in [-0.2, -0.15) is 0 Å². The minimum atomic E-state index is -0.339. The zero-order chi connectivity index (χ0) is 11.8. The van der Waals surface area contributed by atoms with Crippen molar-refractivity contribution < 1.29 is 14.3 Å². The number of carbonyl (C=O) groups is 1. The largest absolute Gasteiger partial charge is 0.461 e. The first-order chi connectivity index (χ1) is 7.77. The average molecular weight is 227 g/mol. The van der Waals surface area contributed by atoms with Crippen molar-refractivity contribution >= 4 is 5.97 Å². The zero-order valence-electron chi connectivity index (χ0n) is 9.98. The molecule has 0 aromatic carbocycles. The quantitative estimate of drug-likeness (QED) is 0.505. The fraction of sp³-hybridized carbons (Fsp3) is 0.750. The molecule has 1 rings (SSSR count). The zero-order valence-corrected chi connectivity index (χ0v) is 9.98. The number of rotatable bonds is 6. The molecule has 92 valence electrons. The summed E-state index contributed by atoms with van der Waals surface area (Å²) in [5, 5.41) is 0. The molecule has 1 aliphatic heterocycles. The van der Waals surface area contributed by atoms with Gasteiger partial charge in [-0.3, -0.25) is 4.90 Å². The van der Waals surface area contributed by atoms with Gasteiger partial charge in [0.25, 0.3) is 0 Å². The van der Waals surface area contributed by atoms with Gasteiger partial charge in [0.15, 0.2) is 0 Å². The molecule has 0 N–H and O–H groups in total. The topological polar surface area (TPSA) is 38.8 Å². The van der Waals surface area contributed by atoms with Gasteiger partial charge < -0.3 is 9.47 Å². The number of carbonyl (C=O) groups excluding carboxylic acids is 1. The van der Waals surface area contributed by atoms with E-state index in [1.807, 2.05) is 0 Å². The lowest BCUT2D eigenvalue weighted by Crippen LogP contribution is -2.45. The van der Waals surface area contributed by atoms with E-state index in [9.17, 15) is 4.79 Å². The standard InChI is InChI=1S/C12H21NO3/c1-3-5-11(10-16-12(14)4-2)13-6-8-15-9-7-13/h4,11H,2-3,5-10H2,1H3. The van der Waals surface area contributed by atoms with Crippen molar-refractivity contribution in [1.29, 1.82) is 0 Å². The van der Waals surface area contributed by atoms with Crippen molar-refractivity contribution in [3.63, 3.8) is 0 Å². The summed E-state index contributed by atoms with van der Waals surface area (Å²) in [6.45, 7) is 9.39. The maximum atomic E-state index is 11.0. The average Bonchev–Trinajstić information content (AvgIpc) is 2.35. The summed E-state index contributed by atoms with van der Waals surface area (Å²) in [6, 6.07) is 0.317. The van der Waals surface area contributed by atoms with Gasteiger partial charge in [-0.05, 0) is 6.42 Å². The molecule has 0 radical (unpaired) electrons. The van der Waals surface area contributed by atoms with Crippen LogP contribution in [-0.4, -0.2) is 49.8 Å². The van der Waals surface area contributed by atoms with Crippen molar-refractivity contribution in [2.75, 3.05) is 32.9 Å². The highest BCUT2D eigenvalue weighted by molar-refractivity contribution is 5.81. The van der Waals surface area contributed by atoms with Gasteiger partial charge in [0.2, 0.25) is 0 Å². The number of hydrogen-bond acceptors (Lipinski definition) is 4. The molecule has 1 fully saturated rings. The van der Waals surface area contributed by atoms with Crippen LogP contribution < -0.4 is 0 Å². The van der Waals surface area contributed by atoms with E-state index in [0.717, 1.165) is 39.1 Å². The first kappa shape index (κ1) is 13.2. The maximum absolute atomic E-state index is 11.0. The fourth-order valence-electron chi connectivity index (χ4n) is 1.88. The molecule has 1 heterocycles. The monoisotopic (exact) mass is 227 g/mol. The van der Waals surface area contributed by atoms with Crippen molar-refractivity contribution in [2.45, 2.75) is 25.8 Å². The van der Waals surface area contributed by atoms with Gasteiger partial charge in [-0.1, -0.05) is 19.9 Å². The van der Waals surface area contributed by atoms with Crippen molar-refractivity contribution in [2.24, 2.45) is 0 Å². The predicted molar refractivity (Wildman–Crippen MR) is 62.2 cm³/mol. The molecule has 0 spiro atoms. The maximum Gasteiger partial charge on any atom is 0.330 e. The third kappa shape index (κ3) is 4.33. The lowest BCUT2D eigenvalue weighted by Gasteiger charge is -2.33. The molecule has 4 heteroatoms. The minimum Gasteiger partial charge on any atom is -0.461 e. The van der Waals surface area contributed by atoms with E-state index in [0.29, 0.717) is 12.6 Å². The summed E-state index contributed by atoms with van der Waals surface area (Å²) < 4.78 is 10.4. The Kier molecular flexibility index (Phi) is 6.11. The van der Waals surface area contributed by atoms with Gasteiger partial charge >= 0.3 is 5.97 Å². The summed E-state index contributed by atoms with van der Waals surface area (Å²) in [5.74, 6) is -0.339. The molecular weight excluding hydrogens is 206 g/mol. The second-order valence-corrected chi connectivity index (χ2v) is 3.93. The molecule has 1 unspecified atom stereocenters. The number of esters is 1. The van der Waals surface area contributed by atoms with Crippen LogP contribution in [0, 0.1) is 0 Å². The minimum absolute atomic E-state index is 0.317. The van der Waals surface area contributed by atoms with Crippen LogP contribution >= 0.6 is 0 Å². The van der Waals surface area contributed by atoms with Crippen molar-refractivity contribution in [3.8, 4) is 0 Å². The number of ether oxygens (including phenoxy) is 2. The molecule has 0 aliphatic carbocycles. The highest BCUT2D eigenvalue weighted by Crippen LogP contribution is 2.10. The van der Waals surface area contributed by atoms with Crippen LogP contribution in [0.3, 0.4) is 0 Å². The van der Waals surface area contributed by atoms with E-state index in [2.05, 4.69) is 18.4 Å². The third-order valence-corrected chi connectivity index (χ3v) is 2.77. The second-order valence-electron chi connectivity index (χ2n) is 3.93. The van der Waals surface area contributed by atoms with Gasteiger partial charge in [-0.15, -0.1) is 0 Å². The lowest BCUT2D eigenvalue weighted by atomic mass is 10.1. The molecule has 0 aromatic heterocycles. The third-order valence-electron chi connectivity index (χ3n) is 2.77. The van der Waals surface area contributed by atoms with E-state index in [1.54, 1.807) is 0 Å². The Morgan fingerprint density at radius 1 is 1.56 bits per heavy atom. The van der Waals surface area contributed by atoms with Crippen LogP contribution in [0.15, 0.2) is 12.7 Å². The number of morpholine rings is 1. The Labute approximate surface area is 97.2 Å². The highest BCUT2D eigenvalue weighted by atomic mass is 16.5. The van der Waals surface area contributed by atoms with Crippen LogP contribution in [0.25, 0.3) is 0 Å². The van der Waals surface area contributed by atoms with Crippen LogP contribution in [0.2, 0.25) is 0 Å². The Morgan fingerprint density at radius 2 is 2.25 bits per heavy atom. The molecule has 4 nitrogen and oxygen atoms in total. The first-order valence-corrected chi connectivity index (χ1v) is 5.89. The molecule has 0 bridgehead atoms. The summed E-state index contributed by atoms with van der Waals surface area (Å²) in [4.78, 5) is 13.4. The lowest BCUT2D eigenvalue weighted by molar-refractivity contribution is -0.140.